The van der Waals surface area contributed by atoms with Crippen molar-refractivity contribution >= 4 is 17.9 Å². The molecule has 0 saturated carbocycles. The van der Waals surface area contributed by atoms with Gasteiger partial charge < -0.3 is 4.74 Å². The maximum Gasteiger partial charge on any atom is 0.279 e. The fourth-order valence-corrected chi connectivity index (χ4v) is 2.55. The van der Waals surface area contributed by atoms with Crippen molar-refractivity contribution in [2.24, 2.45) is 0 Å². The highest BCUT2D eigenvalue weighted by Gasteiger charge is 2.16. The number of hydrogen-bond acceptors (Lipinski definition) is 4. The molecule has 0 saturated heterocycles. The molecule has 2 amide bonds. The average molecular weight is 408 g/mol. The number of nitrogens with one attached hydrogen (secondary N) is 2. The van der Waals surface area contributed by atoms with Crippen molar-refractivity contribution in [1.29, 1.82) is 0 Å². The predicted molar refractivity (Wildman–Crippen MR) is 110 cm³/mol. The number of carbonyl (C=O) groups excluding carboxylic acids is 2. The van der Waals surface area contributed by atoms with Crippen molar-refractivity contribution in [1.82, 2.24) is 20.6 Å². The summed E-state index contributed by atoms with van der Waals surface area (Å²) in [4.78, 5) is 23.9. The number of halogens is 1. The number of rotatable bonds is 7. The molecule has 7 nitrogen and oxygen atoms in total. The molecular weight excluding hydrogens is 387 g/mol. The van der Waals surface area contributed by atoms with Crippen LogP contribution in [0.4, 0.5) is 4.39 Å². The maximum atomic E-state index is 13.6. The SMILES string of the molecule is C[C@@H](Oc1ccccc1F)C(=O)NNC(=O)/C=C/c1cnn(Cc2ccccc2)c1. The van der Waals surface area contributed by atoms with Gasteiger partial charge in [0.25, 0.3) is 11.8 Å². The molecule has 3 aromatic rings. The van der Waals surface area contributed by atoms with Gasteiger partial charge in [-0.2, -0.15) is 5.10 Å². The van der Waals surface area contributed by atoms with E-state index in [1.807, 2.05) is 30.3 Å². The Labute approximate surface area is 173 Å². The summed E-state index contributed by atoms with van der Waals surface area (Å²) < 4.78 is 20.6. The second kappa shape index (κ2) is 10.0. The summed E-state index contributed by atoms with van der Waals surface area (Å²) in [5.74, 6) is -1.76. The molecule has 0 aliphatic carbocycles. The minimum atomic E-state index is -0.998. The molecule has 1 heterocycles. The highest BCUT2D eigenvalue weighted by atomic mass is 19.1. The zero-order valence-corrected chi connectivity index (χ0v) is 16.3. The van der Waals surface area contributed by atoms with Gasteiger partial charge in [0, 0.05) is 17.8 Å². The second-order valence-corrected chi connectivity index (χ2v) is 6.46. The summed E-state index contributed by atoms with van der Waals surface area (Å²) in [6.07, 6.45) is 5.29. The van der Waals surface area contributed by atoms with Gasteiger partial charge in [0.2, 0.25) is 0 Å². The molecule has 0 radical (unpaired) electrons. The molecule has 1 aromatic heterocycles. The minimum absolute atomic E-state index is 0.0427. The number of aromatic nitrogens is 2. The normalized spacial score (nSPS) is 11.8. The van der Waals surface area contributed by atoms with Gasteiger partial charge in [-0.3, -0.25) is 25.1 Å². The average Bonchev–Trinajstić information content (AvgIpc) is 3.20. The van der Waals surface area contributed by atoms with Crippen molar-refractivity contribution in [2.75, 3.05) is 0 Å². The monoisotopic (exact) mass is 408 g/mol. The molecular formula is C22H21FN4O3. The second-order valence-electron chi connectivity index (χ2n) is 6.46. The molecule has 8 heteroatoms. The van der Waals surface area contributed by atoms with E-state index in [0.717, 1.165) is 11.1 Å². The molecule has 0 fully saturated rings. The fourth-order valence-electron chi connectivity index (χ4n) is 2.55. The first-order chi connectivity index (χ1) is 14.5. The lowest BCUT2D eigenvalue weighted by molar-refractivity contribution is -0.131. The van der Waals surface area contributed by atoms with Crippen molar-refractivity contribution < 1.29 is 18.7 Å². The van der Waals surface area contributed by atoms with Gasteiger partial charge in [-0.15, -0.1) is 0 Å². The van der Waals surface area contributed by atoms with E-state index >= 15 is 0 Å². The largest absolute Gasteiger partial charge is 0.478 e. The van der Waals surface area contributed by atoms with E-state index in [1.54, 1.807) is 29.2 Å². The van der Waals surface area contributed by atoms with Gasteiger partial charge in [-0.25, -0.2) is 4.39 Å². The van der Waals surface area contributed by atoms with Crippen LogP contribution in [-0.2, 0) is 16.1 Å². The molecule has 2 N–H and O–H groups in total. The Morgan fingerprint density at radius 2 is 1.87 bits per heavy atom. The van der Waals surface area contributed by atoms with E-state index in [1.165, 1.54) is 31.2 Å². The molecule has 30 heavy (non-hydrogen) atoms. The van der Waals surface area contributed by atoms with Crippen molar-refractivity contribution in [3.8, 4) is 5.75 Å². The number of nitrogens with zero attached hydrogens (tertiary/aromatic N) is 2. The first-order valence-electron chi connectivity index (χ1n) is 9.27. The Kier molecular flexibility index (Phi) is 6.94. The molecule has 0 aliphatic rings. The summed E-state index contributed by atoms with van der Waals surface area (Å²) in [6.45, 7) is 2.07. The van der Waals surface area contributed by atoms with Gasteiger partial charge in [-0.05, 0) is 30.7 Å². The van der Waals surface area contributed by atoms with Crippen LogP contribution in [0.5, 0.6) is 5.75 Å². The van der Waals surface area contributed by atoms with E-state index in [0.29, 0.717) is 6.54 Å². The molecule has 154 valence electrons. The number of amides is 2. The van der Waals surface area contributed by atoms with E-state index < -0.39 is 23.7 Å². The third-order valence-electron chi connectivity index (χ3n) is 4.09. The topological polar surface area (TPSA) is 85.2 Å². The smallest absolute Gasteiger partial charge is 0.279 e. The standard InChI is InChI=1S/C22H21FN4O3/c1-16(30-20-10-6-5-9-19(20)23)22(29)26-25-21(28)12-11-18-13-24-27(15-18)14-17-7-3-2-4-8-17/h2-13,15-16H,14H2,1H3,(H,25,28)(H,26,29)/b12-11+/t16-/m1/s1. The number of benzene rings is 2. The lowest BCUT2D eigenvalue weighted by Crippen LogP contribution is -2.46. The minimum Gasteiger partial charge on any atom is -0.478 e. The van der Waals surface area contributed by atoms with Crippen LogP contribution in [0, 0.1) is 5.82 Å². The molecule has 0 aliphatic heterocycles. The Hall–Kier alpha value is -3.94. The lowest BCUT2D eigenvalue weighted by atomic mass is 10.2. The third-order valence-corrected chi connectivity index (χ3v) is 4.09. The predicted octanol–water partition coefficient (Wildman–Crippen LogP) is 2.70. The Balaban J connectivity index is 1.45. The quantitative estimate of drug-likeness (QED) is 0.465. The van der Waals surface area contributed by atoms with Gasteiger partial charge in [0.05, 0.1) is 12.7 Å². The Bertz CT molecular complexity index is 1030. The third kappa shape index (κ3) is 6.03. The highest BCUT2D eigenvalue weighted by molar-refractivity contribution is 5.93. The summed E-state index contributed by atoms with van der Waals surface area (Å²) in [5, 5.41) is 4.25. The van der Waals surface area contributed by atoms with E-state index in [2.05, 4.69) is 16.0 Å². The zero-order valence-electron chi connectivity index (χ0n) is 16.3. The van der Waals surface area contributed by atoms with E-state index in [9.17, 15) is 14.0 Å². The van der Waals surface area contributed by atoms with Crippen LogP contribution in [0.2, 0.25) is 0 Å². The molecule has 1 atom stereocenters. The number of para-hydroxylation sites is 1. The van der Waals surface area contributed by atoms with Crippen molar-refractivity contribution in [3.63, 3.8) is 0 Å². The van der Waals surface area contributed by atoms with Crippen LogP contribution in [0.3, 0.4) is 0 Å². The first kappa shape index (κ1) is 20.8. The van der Waals surface area contributed by atoms with Gasteiger partial charge in [0.1, 0.15) is 0 Å². The highest BCUT2D eigenvalue weighted by Crippen LogP contribution is 2.16. The number of ether oxygens (including phenoxy) is 1. The van der Waals surface area contributed by atoms with E-state index in [-0.39, 0.29) is 5.75 Å². The summed E-state index contributed by atoms with van der Waals surface area (Å²) in [7, 11) is 0. The summed E-state index contributed by atoms with van der Waals surface area (Å²) >= 11 is 0. The number of carbonyl (C=O) groups is 2. The Morgan fingerprint density at radius 1 is 1.13 bits per heavy atom. The summed E-state index contributed by atoms with van der Waals surface area (Å²) in [6, 6.07) is 15.6. The lowest BCUT2D eigenvalue weighted by Gasteiger charge is -2.15. The van der Waals surface area contributed by atoms with Crippen LogP contribution < -0.4 is 15.6 Å². The molecule has 3 rings (SSSR count). The van der Waals surface area contributed by atoms with Gasteiger partial charge in [0.15, 0.2) is 17.7 Å². The molecule has 0 spiro atoms. The Morgan fingerprint density at radius 3 is 2.63 bits per heavy atom. The summed E-state index contributed by atoms with van der Waals surface area (Å²) in [5.41, 5.74) is 6.35. The van der Waals surface area contributed by atoms with Crippen LogP contribution in [0.15, 0.2) is 73.1 Å². The molecule has 0 unspecified atom stereocenters. The van der Waals surface area contributed by atoms with Gasteiger partial charge >= 0.3 is 0 Å². The van der Waals surface area contributed by atoms with Crippen LogP contribution >= 0.6 is 0 Å². The molecule has 2 aromatic carbocycles. The van der Waals surface area contributed by atoms with Gasteiger partial charge in [-0.1, -0.05) is 42.5 Å². The van der Waals surface area contributed by atoms with Crippen molar-refractivity contribution in [2.45, 2.75) is 19.6 Å². The van der Waals surface area contributed by atoms with Crippen molar-refractivity contribution in [3.05, 3.63) is 90.0 Å². The van der Waals surface area contributed by atoms with Crippen LogP contribution in [-0.4, -0.2) is 27.7 Å². The first-order valence-corrected chi connectivity index (χ1v) is 9.27. The van der Waals surface area contributed by atoms with E-state index in [4.69, 9.17) is 4.74 Å². The number of hydrogen-bond donors (Lipinski definition) is 2. The fraction of sp³-hybridized carbons (Fsp3) is 0.136. The maximum absolute atomic E-state index is 13.6. The molecule has 0 bridgehead atoms. The van der Waals surface area contributed by atoms with Crippen LogP contribution in [0.1, 0.15) is 18.1 Å². The zero-order chi connectivity index (χ0) is 21.3. The number of hydrazine groups is 1. The van der Waals surface area contributed by atoms with Crippen LogP contribution in [0.25, 0.3) is 6.08 Å².